The predicted octanol–water partition coefficient (Wildman–Crippen LogP) is 2.84. The van der Waals surface area contributed by atoms with Crippen molar-refractivity contribution in [3.63, 3.8) is 0 Å². The third kappa shape index (κ3) is 4.45. The molecule has 0 unspecified atom stereocenters. The summed E-state index contributed by atoms with van der Waals surface area (Å²) < 4.78 is 16.7. The number of pyridine rings is 1. The lowest BCUT2D eigenvalue weighted by atomic mass is 9.50. The van der Waals surface area contributed by atoms with Crippen LogP contribution in [0.3, 0.4) is 0 Å². The molecule has 1 aliphatic heterocycles. The first-order valence-corrected chi connectivity index (χ1v) is 13.0. The fraction of sp³-hybridized carbons (Fsp3) is 0.577. The zero-order valence-electron chi connectivity index (χ0n) is 21.5. The normalized spacial score (nSPS) is 23.8. The molecular formula is C26H33N7O4. The molecule has 11 nitrogen and oxygen atoms in total. The summed E-state index contributed by atoms with van der Waals surface area (Å²) in [6, 6.07) is 2.04. The van der Waals surface area contributed by atoms with Gasteiger partial charge in [0.05, 0.1) is 19.1 Å². The van der Waals surface area contributed by atoms with Gasteiger partial charge in [0, 0.05) is 38.1 Å². The van der Waals surface area contributed by atoms with Crippen LogP contribution in [0.4, 0.5) is 5.95 Å². The lowest BCUT2D eigenvalue weighted by Gasteiger charge is -2.61. The summed E-state index contributed by atoms with van der Waals surface area (Å²) in [6.07, 6.45) is 8.48. The molecule has 3 aliphatic carbocycles. The van der Waals surface area contributed by atoms with E-state index in [-0.39, 0.29) is 29.4 Å². The molecule has 4 fully saturated rings. The molecule has 196 valence electrons. The van der Waals surface area contributed by atoms with Crippen molar-refractivity contribution in [2.24, 2.45) is 5.92 Å². The summed E-state index contributed by atoms with van der Waals surface area (Å²) in [5.41, 5.74) is 1.99. The quantitative estimate of drug-likeness (QED) is 0.449. The number of aromatic amines is 1. The zero-order chi connectivity index (χ0) is 25.6. The average molecular weight is 508 g/mol. The van der Waals surface area contributed by atoms with E-state index in [2.05, 4.69) is 35.1 Å². The Morgan fingerprint density at radius 1 is 1.22 bits per heavy atom. The van der Waals surface area contributed by atoms with Crippen LogP contribution in [0.2, 0.25) is 0 Å². The lowest BCUT2D eigenvalue weighted by Crippen LogP contribution is -2.68. The molecule has 3 aromatic heterocycles. The number of methoxy groups -OCH3 is 2. The van der Waals surface area contributed by atoms with E-state index in [1.165, 1.54) is 5.56 Å². The van der Waals surface area contributed by atoms with Gasteiger partial charge in [-0.3, -0.25) is 4.79 Å². The minimum Gasteiger partial charge on any atom is -0.496 e. The van der Waals surface area contributed by atoms with Gasteiger partial charge in [0.2, 0.25) is 11.8 Å². The van der Waals surface area contributed by atoms with E-state index in [1.807, 2.05) is 19.2 Å². The van der Waals surface area contributed by atoms with Crippen LogP contribution in [-0.2, 0) is 4.74 Å². The monoisotopic (exact) mass is 507 g/mol. The highest BCUT2D eigenvalue weighted by Gasteiger charge is 2.57. The van der Waals surface area contributed by atoms with Crippen molar-refractivity contribution in [1.82, 2.24) is 30.2 Å². The van der Waals surface area contributed by atoms with Crippen molar-refractivity contribution in [3.05, 3.63) is 29.8 Å². The van der Waals surface area contributed by atoms with Crippen molar-refractivity contribution in [1.29, 1.82) is 0 Å². The van der Waals surface area contributed by atoms with E-state index < -0.39 is 0 Å². The second-order valence-corrected chi connectivity index (χ2v) is 10.6. The SMILES string of the molecule is COC[C@@H](C)Oc1nc(C(=O)NC23CC(C2)C3)nc(N2CCC(c3c[nH]c4nccc(OC)c34)CC2)n1. The van der Waals surface area contributed by atoms with Crippen LogP contribution in [-0.4, -0.2) is 76.4 Å². The molecule has 4 aliphatic rings. The summed E-state index contributed by atoms with van der Waals surface area (Å²) in [4.78, 5) is 36.4. The molecule has 2 bridgehead atoms. The largest absolute Gasteiger partial charge is 0.496 e. The number of anilines is 1. The number of hydrogen-bond acceptors (Lipinski definition) is 9. The Morgan fingerprint density at radius 2 is 2.00 bits per heavy atom. The average Bonchev–Trinajstić information content (AvgIpc) is 3.30. The van der Waals surface area contributed by atoms with E-state index in [0.29, 0.717) is 18.5 Å². The minimum atomic E-state index is -0.265. The van der Waals surface area contributed by atoms with Crippen LogP contribution in [0, 0.1) is 5.92 Å². The van der Waals surface area contributed by atoms with Crippen LogP contribution in [0.25, 0.3) is 11.0 Å². The molecular weight excluding hydrogens is 474 g/mol. The Hall–Kier alpha value is -3.47. The molecule has 4 heterocycles. The van der Waals surface area contributed by atoms with E-state index in [0.717, 1.165) is 67.9 Å². The number of H-pyrrole nitrogens is 1. The van der Waals surface area contributed by atoms with Crippen molar-refractivity contribution < 1.29 is 19.0 Å². The van der Waals surface area contributed by atoms with Crippen LogP contribution in [0.1, 0.15) is 61.1 Å². The number of carbonyl (C=O) groups excluding carboxylic acids is 1. The molecule has 7 rings (SSSR count). The maximum absolute atomic E-state index is 13.1. The lowest BCUT2D eigenvalue weighted by molar-refractivity contribution is -0.0441. The number of aromatic nitrogens is 5. The van der Waals surface area contributed by atoms with Gasteiger partial charge in [0.25, 0.3) is 5.91 Å². The van der Waals surface area contributed by atoms with Crippen LogP contribution < -0.4 is 19.7 Å². The summed E-state index contributed by atoms with van der Waals surface area (Å²) in [7, 11) is 3.30. The fourth-order valence-electron chi connectivity index (χ4n) is 5.95. The van der Waals surface area contributed by atoms with Crippen molar-refractivity contribution in [2.45, 2.75) is 56.6 Å². The molecule has 1 atom stereocenters. The first-order chi connectivity index (χ1) is 18.0. The molecule has 3 aromatic rings. The predicted molar refractivity (Wildman–Crippen MR) is 136 cm³/mol. The Morgan fingerprint density at radius 3 is 2.68 bits per heavy atom. The van der Waals surface area contributed by atoms with Gasteiger partial charge < -0.3 is 29.4 Å². The Labute approximate surface area is 215 Å². The standard InChI is InChI=1S/C26H33N7O4/c1-15(14-35-2)37-25-30-22(23(34)32-26-10-16(11-26)12-26)29-24(31-25)33-8-5-17(6-9-33)18-13-28-21-20(18)19(36-3)4-7-27-21/h4,7,13,15-17H,5-6,8-12,14H2,1-3H3,(H,27,28)(H,32,34)/t15-,16?,26?/m1/s1. The second-order valence-electron chi connectivity index (χ2n) is 10.6. The fourth-order valence-corrected chi connectivity index (χ4v) is 5.95. The van der Waals surface area contributed by atoms with E-state index in [9.17, 15) is 4.79 Å². The number of nitrogens with one attached hydrogen (secondary N) is 2. The van der Waals surface area contributed by atoms with Gasteiger partial charge >= 0.3 is 6.01 Å². The van der Waals surface area contributed by atoms with Gasteiger partial charge in [-0.2, -0.15) is 15.0 Å². The maximum Gasteiger partial charge on any atom is 0.322 e. The summed E-state index contributed by atoms with van der Waals surface area (Å²) in [6.45, 7) is 3.75. The third-order valence-electron chi connectivity index (χ3n) is 7.93. The molecule has 0 aromatic carbocycles. The minimum absolute atomic E-state index is 0.0630. The van der Waals surface area contributed by atoms with Gasteiger partial charge in [0.15, 0.2) is 0 Å². The Bertz CT molecular complexity index is 1290. The van der Waals surface area contributed by atoms with E-state index >= 15 is 0 Å². The molecule has 3 saturated carbocycles. The van der Waals surface area contributed by atoms with Crippen molar-refractivity contribution in [2.75, 3.05) is 38.8 Å². The van der Waals surface area contributed by atoms with Crippen molar-refractivity contribution >= 4 is 22.9 Å². The highest BCUT2D eigenvalue weighted by Crippen LogP contribution is 2.57. The zero-order valence-corrected chi connectivity index (χ0v) is 21.5. The number of fused-ring (bicyclic) bond motifs is 1. The second kappa shape index (κ2) is 9.44. The number of rotatable bonds is 9. The van der Waals surface area contributed by atoms with E-state index in [4.69, 9.17) is 14.2 Å². The molecule has 37 heavy (non-hydrogen) atoms. The van der Waals surface area contributed by atoms with Gasteiger partial charge in [-0.05, 0) is 62.5 Å². The summed E-state index contributed by atoms with van der Waals surface area (Å²) in [5.74, 6) is 2.23. The molecule has 0 radical (unpaired) electrons. The molecule has 11 heteroatoms. The molecule has 1 amide bonds. The molecule has 1 saturated heterocycles. The molecule has 2 N–H and O–H groups in total. The van der Waals surface area contributed by atoms with Gasteiger partial charge in [-0.25, -0.2) is 4.98 Å². The Kier molecular flexibility index (Phi) is 6.10. The van der Waals surface area contributed by atoms with Gasteiger partial charge in [-0.1, -0.05) is 0 Å². The highest BCUT2D eigenvalue weighted by atomic mass is 16.5. The van der Waals surface area contributed by atoms with Crippen LogP contribution in [0.15, 0.2) is 18.5 Å². The smallest absolute Gasteiger partial charge is 0.322 e. The number of nitrogens with zero attached hydrogens (tertiary/aromatic N) is 5. The van der Waals surface area contributed by atoms with Gasteiger partial charge in [-0.15, -0.1) is 0 Å². The van der Waals surface area contributed by atoms with Gasteiger partial charge in [0.1, 0.15) is 17.5 Å². The molecule has 0 spiro atoms. The number of ether oxygens (including phenoxy) is 3. The Balaban J connectivity index is 1.21. The third-order valence-corrected chi connectivity index (χ3v) is 7.93. The maximum atomic E-state index is 13.1. The van der Waals surface area contributed by atoms with E-state index in [1.54, 1.807) is 20.4 Å². The van der Waals surface area contributed by atoms with Crippen LogP contribution in [0.5, 0.6) is 11.8 Å². The highest BCUT2D eigenvalue weighted by molar-refractivity contribution is 5.91. The first-order valence-electron chi connectivity index (χ1n) is 13.0. The van der Waals surface area contributed by atoms with Crippen LogP contribution >= 0.6 is 0 Å². The number of hydrogen-bond donors (Lipinski definition) is 2. The topological polar surface area (TPSA) is 127 Å². The summed E-state index contributed by atoms with van der Waals surface area (Å²) in [5, 5.41) is 4.19. The number of carbonyl (C=O) groups is 1. The first kappa shape index (κ1) is 23.9. The number of piperidine rings is 1. The number of amides is 1. The summed E-state index contributed by atoms with van der Waals surface area (Å²) >= 11 is 0. The van der Waals surface area contributed by atoms with Crippen molar-refractivity contribution in [3.8, 4) is 11.8 Å².